The Hall–Kier alpha value is -3.11. The van der Waals surface area contributed by atoms with Crippen LogP contribution in [0.15, 0.2) is 66.7 Å². The molecule has 1 amide bonds. The molecule has 0 unspecified atom stereocenters. The van der Waals surface area contributed by atoms with Gasteiger partial charge in [-0.1, -0.05) is 53.6 Å². The van der Waals surface area contributed by atoms with Crippen LogP contribution in [0, 0.1) is 13.8 Å². The number of nitrogens with zero attached hydrogens (tertiary/aromatic N) is 2. The lowest BCUT2D eigenvalue weighted by Crippen LogP contribution is -2.40. The zero-order chi connectivity index (χ0) is 22.7. The lowest BCUT2D eigenvalue weighted by molar-refractivity contribution is 0.0927. The number of aryl methyl sites for hydroxylation is 2. The normalized spacial score (nSPS) is 14.5. The van der Waals surface area contributed by atoms with Crippen molar-refractivity contribution in [1.82, 2.24) is 10.2 Å². The van der Waals surface area contributed by atoms with E-state index in [0.717, 1.165) is 36.2 Å². The standard InChI is InChI=1S/C28H33N3O/c1-20-15-21(2)17-25(16-20)28(32)29-18-27(23-9-11-26(12-10-23)30(3)4)31-14-13-22-7-5-6-8-24(22)19-31/h5-12,15-17,27H,13-14,18-19H2,1-4H3,(H,29,32)/t27-/m1/s1. The third-order valence-corrected chi connectivity index (χ3v) is 6.34. The lowest BCUT2D eigenvalue weighted by Gasteiger charge is -2.36. The Labute approximate surface area is 191 Å². The molecule has 0 aromatic heterocycles. The number of hydrogen-bond donors (Lipinski definition) is 1. The summed E-state index contributed by atoms with van der Waals surface area (Å²) < 4.78 is 0. The molecule has 1 aliphatic heterocycles. The number of anilines is 1. The minimum atomic E-state index is -0.0101. The molecule has 1 atom stereocenters. The van der Waals surface area contributed by atoms with E-state index in [1.54, 1.807) is 0 Å². The third kappa shape index (κ3) is 5.03. The molecule has 0 spiro atoms. The van der Waals surface area contributed by atoms with E-state index >= 15 is 0 Å². The van der Waals surface area contributed by atoms with E-state index < -0.39 is 0 Å². The van der Waals surface area contributed by atoms with Gasteiger partial charge in [0, 0.05) is 45.0 Å². The molecule has 0 saturated carbocycles. The van der Waals surface area contributed by atoms with Crippen molar-refractivity contribution in [2.45, 2.75) is 32.9 Å². The Morgan fingerprint density at radius 2 is 1.62 bits per heavy atom. The monoisotopic (exact) mass is 427 g/mol. The fourth-order valence-electron chi connectivity index (χ4n) is 4.63. The summed E-state index contributed by atoms with van der Waals surface area (Å²) in [5.41, 5.74) is 8.18. The maximum atomic E-state index is 13.0. The first kappa shape index (κ1) is 22.1. The summed E-state index contributed by atoms with van der Waals surface area (Å²) >= 11 is 0. The van der Waals surface area contributed by atoms with Gasteiger partial charge in [-0.3, -0.25) is 9.69 Å². The molecule has 1 aliphatic rings. The van der Waals surface area contributed by atoms with E-state index in [-0.39, 0.29) is 11.9 Å². The molecule has 0 saturated heterocycles. The highest BCUT2D eigenvalue weighted by atomic mass is 16.1. The van der Waals surface area contributed by atoms with Crippen LogP contribution in [0.5, 0.6) is 0 Å². The molecule has 4 heteroatoms. The molecule has 3 aromatic carbocycles. The predicted molar refractivity (Wildman–Crippen MR) is 132 cm³/mol. The molecule has 32 heavy (non-hydrogen) atoms. The Balaban J connectivity index is 1.57. The zero-order valence-electron chi connectivity index (χ0n) is 19.6. The summed E-state index contributed by atoms with van der Waals surface area (Å²) in [4.78, 5) is 17.6. The van der Waals surface area contributed by atoms with Crippen molar-refractivity contribution in [1.29, 1.82) is 0 Å². The van der Waals surface area contributed by atoms with Gasteiger partial charge in [-0.15, -0.1) is 0 Å². The van der Waals surface area contributed by atoms with E-state index in [4.69, 9.17) is 0 Å². The SMILES string of the molecule is Cc1cc(C)cc(C(=O)NC[C@H](c2ccc(N(C)C)cc2)N2CCc3ccccc3C2)c1. The largest absolute Gasteiger partial charge is 0.378 e. The molecule has 0 aliphatic carbocycles. The molecule has 1 N–H and O–H groups in total. The maximum absolute atomic E-state index is 13.0. The third-order valence-electron chi connectivity index (χ3n) is 6.34. The number of benzene rings is 3. The Morgan fingerprint density at radius 3 is 2.28 bits per heavy atom. The van der Waals surface area contributed by atoms with E-state index in [1.807, 2.05) is 26.0 Å². The highest BCUT2D eigenvalue weighted by molar-refractivity contribution is 5.94. The van der Waals surface area contributed by atoms with Crippen LogP contribution < -0.4 is 10.2 Å². The first-order chi connectivity index (χ1) is 15.4. The van der Waals surface area contributed by atoms with Crippen molar-refractivity contribution in [2.75, 3.05) is 32.1 Å². The molecule has 0 radical (unpaired) electrons. The molecule has 3 aromatic rings. The van der Waals surface area contributed by atoms with Gasteiger partial charge in [-0.25, -0.2) is 0 Å². The second-order valence-electron chi connectivity index (χ2n) is 9.08. The molecule has 0 fully saturated rings. The smallest absolute Gasteiger partial charge is 0.251 e. The lowest BCUT2D eigenvalue weighted by atomic mass is 9.96. The van der Waals surface area contributed by atoms with Crippen LogP contribution in [0.2, 0.25) is 0 Å². The number of hydrogen-bond acceptors (Lipinski definition) is 3. The summed E-state index contributed by atoms with van der Waals surface area (Å²) in [5, 5.41) is 3.22. The average Bonchev–Trinajstić information content (AvgIpc) is 2.78. The van der Waals surface area contributed by atoms with Gasteiger partial charge in [0.05, 0.1) is 6.04 Å². The minimum absolute atomic E-state index is 0.0101. The first-order valence-corrected chi connectivity index (χ1v) is 11.4. The van der Waals surface area contributed by atoms with Crippen LogP contribution in [-0.2, 0) is 13.0 Å². The van der Waals surface area contributed by atoms with Gasteiger partial charge in [0.1, 0.15) is 0 Å². The number of fused-ring (bicyclic) bond motifs is 1. The summed E-state index contributed by atoms with van der Waals surface area (Å²) in [6.45, 7) is 6.52. The van der Waals surface area contributed by atoms with Crippen molar-refractivity contribution < 1.29 is 4.79 Å². The molecule has 4 rings (SSSR count). The van der Waals surface area contributed by atoms with Crippen LogP contribution in [0.3, 0.4) is 0 Å². The molecule has 166 valence electrons. The average molecular weight is 428 g/mol. The van der Waals surface area contributed by atoms with E-state index in [2.05, 4.69) is 83.8 Å². The van der Waals surface area contributed by atoms with E-state index in [0.29, 0.717) is 6.54 Å². The Bertz CT molecular complexity index is 1070. The van der Waals surface area contributed by atoms with Crippen LogP contribution in [0.1, 0.15) is 44.2 Å². The van der Waals surface area contributed by atoms with E-state index in [1.165, 1.54) is 22.4 Å². The number of carbonyl (C=O) groups is 1. The zero-order valence-corrected chi connectivity index (χ0v) is 19.6. The first-order valence-electron chi connectivity index (χ1n) is 11.4. The fourth-order valence-corrected chi connectivity index (χ4v) is 4.63. The summed E-state index contributed by atoms with van der Waals surface area (Å²) in [7, 11) is 4.11. The van der Waals surface area contributed by atoms with Crippen molar-refractivity contribution in [3.63, 3.8) is 0 Å². The van der Waals surface area contributed by atoms with Gasteiger partial charge in [0.2, 0.25) is 0 Å². The van der Waals surface area contributed by atoms with Crippen LogP contribution in [0.4, 0.5) is 5.69 Å². The minimum Gasteiger partial charge on any atom is -0.378 e. The highest BCUT2D eigenvalue weighted by Gasteiger charge is 2.25. The maximum Gasteiger partial charge on any atom is 0.251 e. The molecule has 4 nitrogen and oxygen atoms in total. The summed E-state index contributed by atoms with van der Waals surface area (Å²) in [5.74, 6) is -0.0101. The number of amides is 1. The second-order valence-corrected chi connectivity index (χ2v) is 9.08. The molecule has 1 heterocycles. The summed E-state index contributed by atoms with van der Waals surface area (Å²) in [6, 6.07) is 23.5. The predicted octanol–water partition coefficient (Wildman–Crippen LogP) is 4.90. The Morgan fingerprint density at radius 1 is 0.969 bits per heavy atom. The topological polar surface area (TPSA) is 35.6 Å². The number of nitrogens with one attached hydrogen (secondary N) is 1. The van der Waals surface area contributed by atoms with Crippen LogP contribution >= 0.6 is 0 Å². The number of rotatable bonds is 6. The van der Waals surface area contributed by atoms with Crippen molar-refractivity contribution in [3.05, 3.63) is 100 Å². The quantitative estimate of drug-likeness (QED) is 0.608. The van der Waals surface area contributed by atoms with Gasteiger partial charge < -0.3 is 10.2 Å². The van der Waals surface area contributed by atoms with Gasteiger partial charge in [0.25, 0.3) is 5.91 Å². The van der Waals surface area contributed by atoms with Crippen LogP contribution in [-0.4, -0.2) is 38.0 Å². The van der Waals surface area contributed by atoms with Crippen LogP contribution in [0.25, 0.3) is 0 Å². The fraction of sp³-hybridized carbons (Fsp3) is 0.321. The molecular formula is C28H33N3O. The molecular weight excluding hydrogens is 394 g/mol. The van der Waals surface area contributed by atoms with Gasteiger partial charge in [-0.2, -0.15) is 0 Å². The van der Waals surface area contributed by atoms with Crippen molar-refractivity contribution in [2.24, 2.45) is 0 Å². The summed E-state index contributed by atoms with van der Waals surface area (Å²) in [6.07, 6.45) is 1.04. The van der Waals surface area contributed by atoms with Crippen molar-refractivity contribution >= 4 is 11.6 Å². The van der Waals surface area contributed by atoms with Gasteiger partial charge >= 0.3 is 0 Å². The highest BCUT2D eigenvalue weighted by Crippen LogP contribution is 2.29. The van der Waals surface area contributed by atoms with Crippen molar-refractivity contribution in [3.8, 4) is 0 Å². The second kappa shape index (κ2) is 9.58. The van der Waals surface area contributed by atoms with Gasteiger partial charge in [-0.05, 0) is 61.2 Å². The van der Waals surface area contributed by atoms with E-state index in [9.17, 15) is 4.79 Å². The van der Waals surface area contributed by atoms with Gasteiger partial charge in [0.15, 0.2) is 0 Å². The Kier molecular flexibility index (Phi) is 6.61. The molecule has 0 bridgehead atoms. The number of carbonyl (C=O) groups excluding carboxylic acids is 1.